The van der Waals surface area contributed by atoms with Crippen LogP contribution in [0.25, 0.3) is 0 Å². The van der Waals surface area contributed by atoms with Crippen molar-refractivity contribution in [3.8, 4) is 0 Å². The molecular weight excluding hydrogens is 254 g/mol. The summed E-state index contributed by atoms with van der Waals surface area (Å²) in [6, 6.07) is -0.641. The lowest BCUT2D eigenvalue weighted by Gasteiger charge is -2.38. The first-order valence-electron chi connectivity index (χ1n) is 7.64. The second-order valence-corrected chi connectivity index (χ2v) is 7.56. The third-order valence-electron chi connectivity index (χ3n) is 3.99. The van der Waals surface area contributed by atoms with Crippen LogP contribution in [0.1, 0.15) is 60.3 Å². The number of carboxylic acids is 1. The molecule has 1 aliphatic rings. The SMILES string of the molecule is CC(CC(=O)N1CCCC(C)C1C(=O)O)CC(C)(C)C. The molecule has 0 bridgehead atoms. The first kappa shape index (κ1) is 17.0. The number of piperidine rings is 1. The summed E-state index contributed by atoms with van der Waals surface area (Å²) >= 11 is 0. The highest BCUT2D eigenvalue weighted by molar-refractivity contribution is 5.84. The van der Waals surface area contributed by atoms with E-state index < -0.39 is 12.0 Å². The van der Waals surface area contributed by atoms with Gasteiger partial charge < -0.3 is 10.0 Å². The van der Waals surface area contributed by atoms with Crippen LogP contribution in [0.5, 0.6) is 0 Å². The van der Waals surface area contributed by atoms with Gasteiger partial charge in [-0.25, -0.2) is 4.79 Å². The van der Waals surface area contributed by atoms with E-state index in [1.54, 1.807) is 4.90 Å². The Hall–Kier alpha value is -1.06. The highest BCUT2D eigenvalue weighted by atomic mass is 16.4. The van der Waals surface area contributed by atoms with Crippen LogP contribution in [0, 0.1) is 17.3 Å². The molecule has 0 radical (unpaired) electrons. The highest BCUT2D eigenvalue weighted by Crippen LogP contribution is 2.29. The van der Waals surface area contributed by atoms with Crippen LogP contribution in [0.3, 0.4) is 0 Å². The topological polar surface area (TPSA) is 57.6 Å². The average Bonchev–Trinajstić information content (AvgIpc) is 2.24. The molecule has 1 saturated heterocycles. The number of hydrogen-bond donors (Lipinski definition) is 1. The van der Waals surface area contributed by atoms with Gasteiger partial charge in [0, 0.05) is 13.0 Å². The van der Waals surface area contributed by atoms with Crippen LogP contribution in [0.15, 0.2) is 0 Å². The Kier molecular flexibility index (Phi) is 5.60. The van der Waals surface area contributed by atoms with Gasteiger partial charge in [0.05, 0.1) is 0 Å². The van der Waals surface area contributed by atoms with Crippen molar-refractivity contribution in [2.75, 3.05) is 6.54 Å². The number of carboxylic acid groups (broad SMARTS) is 1. The number of aliphatic carboxylic acids is 1. The quantitative estimate of drug-likeness (QED) is 0.862. The monoisotopic (exact) mass is 283 g/mol. The maximum absolute atomic E-state index is 12.4. The number of rotatable bonds is 4. The Morgan fingerprint density at radius 2 is 1.95 bits per heavy atom. The number of carbonyl (C=O) groups is 2. The molecule has 0 aromatic carbocycles. The van der Waals surface area contributed by atoms with Gasteiger partial charge in [-0.2, -0.15) is 0 Å². The maximum Gasteiger partial charge on any atom is 0.326 e. The lowest BCUT2D eigenvalue weighted by molar-refractivity contribution is -0.155. The number of hydrogen-bond acceptors (Lipinski definition) is 2. The van der Waals surface area contributed by atoms with Gasteiger partial charge in [0.1, 0.15) is 6.04 Å². The van der Waals surface area contributed by atoms with E-state index in [-0.39, 0.29) is 23.2 Å². The molecule has 3 unspecified atom stereocenters. The number of carbonyl (C=O) groups excluding carboxylic acids is 1. The van der Waals surface area contributed by atoms with E-state index in [1.807, 2.05) is 6.92 Å². The molecule has 4 heteroatoms. The third-order valence-corrected chi connectivity index (χ3v) is 3.99. The van der Waals surface area contributed by atoms with Gasteiger partial charge in [-0.15, -0.1) is 0 Å². The standard InChI is InChI=1S/C16H29NO3/c1-11(10-16(3,4)5)9-13(18)17-8-6-7-12(2)14(17)15(19)20/h11-12,14H,6-10H2,1-5H3,(H,19,20). The van der Waals surface area contributed by atoms with Crippen LogP contribution in [-0.2, 0) is 9.59 Å². The Morgan fingerprint density at radius 1 is 1.35 bits per heavy atom. The molecule has 116 valence electrons. The Morgan fingerprint density at radius 3 is 2.45 bits per heavy atom. The van der Waals surface area contributed by atoms with E-state index in [0.717, 1.165) is 19.3 Å². The fourth-order valence-electron chi connectivity index (χ4n) is 3.38. The molecule has 1 rings (SSSR count). The first-order chi connectivity index (χ1) is 9.11. The number of likely N-dealkylation sites (tertiary alicyclic amines) is 1. The maximum atomic E-state index is 12.4. The van der Waals surface area contributed by atoms with E-state index in [4.69, 9.17) is 0 Å². The third kappa shape index (κ3) is 4.80. The molecule has 0 spiro atoms. The molecule has 1 aliphatic heterocycles. The zero-order valence-corrected chi connectivity index (χ0v) is 13.5. The van der Waals surface area contributed by atoms with Crippen LogP contribution >= 0.6 is 0 Å². The highest BCUT2D eigenvalue weighted by Gasteiger charge is 2.37. The molecule has 4 nitrogen and oxygen atoms in total. The summed E-state index contributed by atoms with van der Waals surface area (Å²) < 4.78 is 0. The largest absolute Gasteiger partial charge is 0.480 e. The number of nitrogens with zero attached hydrogens (tertiary/aromatic N) is 1. The average molecular weight is 283 g/mol. The lowest BCUT2D eigenvalue weighted by atomic mass is 9.83. The normalized spacial score (nSPS) is 25.4. The molecule has 1 amide bonds. The molecule has 0 saturated carbocycles. The van der Waals surface area contributed by atoms with E-state index in [9.17, 15) is 14.7 Å². The summed E-state index contributed by atoms with van der Waals surface area (Å²) in [7, 11) is 0. The molecule has 0 aromatic rings. The second kappa shape index (κ2) is 6.59. The minimum Gasteiger partial charge on any atom is -0.480 e. The summed E-state index contributed by atoms with van der Waals surface area (Å²) in [6.45, 7) is 11.1. The lowest BCUT2D eigenvalue weighted by Crippen LogP contribution is -2.52. The molecule has 1 N–H and O–H groups in total. The van der Waals surface area contributed by atoms with Crippen LogP contribution in [0.4, 0.5) is 0 Å². The molecule has 0 aromatic heterocycles. The van der Waals surface area contributed by atoms with Gasteiger partial charge in [0.25, 0.3) is 0 Å². The van der Waals surface area contributed by atoms with Gasteiger partial charge in [0.15, 0.2) is 0 Å². The van der Waals surface area contributed by atoms with Crippen molar-refractivity contribution in [1.29, 1.82) is 0 Å². The molecular formula is C16H29NO3. The van der Waals surface area contributed by atoms with Gasteiger partial charge in [-0.3, -0.25) is 4.79 Å². The van der Waals surface area contributed by atoms with E-state index >= 15 is 0 Å². The fraction of sp³-hybridized carbons (Fsp3) is 0.875. The van der Waals surface area contributed by atoms with E-state index in [1.165, 1.54) is 0 Å². The second-order valence-electron chi connectivity index (χ2n) is 7.56. The van der Waals surface area contributed by atoms with Gasteiger partial charge in [-0.1, -0.05) is 34.6 Å². The molecule has 0 aliphatic carbocycles. The van der Waals surface area contributed by atoms with E-state index in [0.29, 0.717) is 13.0 Å². The van der Waals surface area contributed by atoms with Crippen LogP contribution < -0.4 is 0 Å². The Bertz CT molecular complexity index is 359. The van der Waals surface area contributed by atoms with Crippen molar-refractivity contribution >= 4 is 11.9 Å². The molecule has 1 fully saturated rings. The summed E-state index contributed by atoms with van der Waals surface area (Å²) in [6.07, 6.45) is 3.22. The van der Waals surface area contributed by atoms with Crippen molar-refractivity contribution in [3.05, 3.63) is 0 Å². The zero-order valence-electron chi connectivity index (χ0n) is 13.5. The molecule has 3 atom stereocenters. The minimum absolute atomic E-state index is 0.000648. The first-order valence-corrected chi connectivity index (χ1v) is 7.64. The fourth-order valence-corrected chi connectivity index (χ4v) is 3.38. The number of amides is 1. The van der Waals surface area contributed by atoms with E-state index in [2.05, 4.69) is 27.7 Å². The minimum atomic E-state index is -0.867. The van der Waals surface area contributed by atoms with Crippen molar-refractivity contribution in [3.63, 3.8) is 0 Å². The molecule has 1 heterocycles. The Labute approximate surface area is 122 Å². The van der Waals surface area contributed by atoms with Crippen molar-refractivity contribution in [1.82, 2.24) is 4.90 Å². The van der Waals surface area contributed by atoms with Gasteiger partial charge in [-0.05, 0) is 36.5 Å². The zero-order chi connectivity index (χ0) is 15.5. The smallest absolute Gasteiger partial charge is 0.326 e. The van der Waals surface area contributed by atoms with Gasteiger partial charge >= 0.3 is 5.97 Å². The van der Waals surface area contributed by atoms with Crippen LogP contribution in [-0.4, -0.2) is 34.5 Å². The predicted molar refractivity (Wildman–Crippen MR) is 79.4 cm³/mol. The van der Waals surface area contributed by atoms with Crippen LogP contribution in [0.2, 0.25) is 0 Å². The Balaban J connectivity index is 2.67. The summed E-state index contributed by atoms with van der Waals surface area (Å²) in [4.78, 5) is 25.4. The van der Waals surface area contributed by atoms with Crippen molar-refractivity contribution in [2.24, 2.45) is 17.3 Å². The predicted octanol–water partition coefficient (Wildman–Crippen LogP) is 3.16. The van der Waals surface area contributed by atoms with Crippen molar-refractivity contribution < 1.29 is 14.7 Å². The van der Waals surface area contributed by atoms with Gasteiger partial charge in [0.2, 0.25) is 5.91 Å². The summed E-state index contributed by atoms with van der Waals surface area (Å²) in [5, 5.41) is 9.35. The molecule has 20 heavy (non-hydrogen) atoms. The summed E-state index contributed by atoms with van der Waals surface area (Å²) in [5.41, 5.74) is 0.196. The summed E-state index contributed by atoms with van der Waals surface area (Å²) in [5.74, 6) is -0.535. The van der Waals surface area contributed by atoms with Crippen molar-refractivity contribution in [2.45, 2.75) is 66.3 Å².